The molecule has 2 aromatic rings. The standard InChI is InChI=1S/C18H22N2O2.ClH/c1-22-17-4-2-3-15(13-17)7-10-18(21)20-12-11-14-5-8-16(19)9-6-14;/h2-6,8-9,13H,7,10-12,19H2,1H3,(H,20,21);1H. The lowest BCUT2D eigenvalue weighted by Gasteiger charge is -2.07. The molecule has 124 valence electrons. The summed E-state index contributed by atoms with van der Waals surface area (Å²) in [5.74, 6) is 0.888. The van der Waals surface area contributed by atoms with E-state index in [1.807, 2.05) is 48.5 Å². The summed E-state index contributed by atoms with van der Waals surface area (Å²) in [6.45, 7) is 0.640. The molecule has 0 fully saturated rings. The Balaban J connectivity index is 0.00000264. The summed E-state index contributed by atoms with van der Waals surface area (Å²) in [7, 11) is 1.64. The number of anilines is 1. The van der Waals surface area contributed by atoms with Crippen LogP contribution in [-0.2, 0) is 17.6 Å². The van der Waals surface area contributed by atoms with Crippen molar-refractivity contribution in [1.82, 2.24) is 5.32 Å². The van der Waals surface area contributed by atoms with Crippen molar-refractivity contribution < 1.29 is 9.53 Å². The molecule has 5 heteroatoms. The molecule has 0 bridgehead atoms. The Bertz CT molecular complexity index is 615. The summed E-state index contributed by atoms with van der Waals surface area (Å²) in [6.07, 6.45) is 2.00. The van der Waals surface area contributed by atoms with Crippen LogP contribution in [0.5, 0.6) is 5.75 Å². The van der Waals surface area contributed by atoms with Gasteiger partial charge < -0.3 is 15.8 Å². The van der Waals surface area contributed by atoms with Crippen molar-refractivity contribution in [2.75, 3.05) is 19.4 Å². The van der Waals surface area contributed by atoms with E-state index in [2.05, 4.69) is 5.32 Å². The molecule has 0 atom stereocenters. The van der Waals surface area contributed by atoms with Gasteiger partial charge in [-0.15, -0.1) is 12.4 Å². The number of benzene rings is 2. The van der Waals surface area contributed by atoms with Crippen LogP contribution in [0, 0.1) is 0 Å². The Labute approximate surface area is 143 Å². The molecule has 4 nitrogen and oxygen atoms in total. The van der Waals surface area contributed by atoms with Gasteiger partial charge in [-0.25, -0.2) is 0 Å². The van der Waals surface area contributed by atoms with Crippen LogP contribution >= 0.6 is 12.4 Å². The summed E-state index contributed by atoms with van der Waals surface area (Å²) in [4.78, 5) is 11.9. The number of rotatable bonds is 7. The Morgan fingerprint density at radius 2 is 1.83 bits per heavy atom. The van der Waals surface area contributed by atoms with E-state index in [9.17, 15) is 4.79 Å². The monoisotopic (exact) mass is 334 g/mol. The molecule has 1 amide bonds. The molecule has 0 saturated carbocycles. The maximum absolute atomic E-state index is 11.9. The lowest BCUT2D eigenvalue weighted by molar-refractivity contribution is -0.121. The first-order valence-corrected chi connectivity index (χ1v) is 7.41. The highest BCUT2D eigenvalue weighted by Crippen LogP contribution is 2.13. The van der Waals surface area contributed by atoms with Crippen molar-refractivity contribution in [1.29, 1.82) is 0 Å². The quantitative estimate of drug-likeness (QED) is 0.765. The number of hydrogen-bond acceptors (Lipinski definition) is 3. The summed E-state index contributed by atoms with van der Waals surface area (Å²) in [6, 6.07) is 15.5. The number of aryl methyl sites for hydroxylation is 1. The van der Waals surface area contributed by atoms with Gasteiger partial charge in [0.25, 0.3) is 0 Å². The van der Waals surface area contributed by atoms with E-state index in [0.717, 1.165) is 23.4 Å². The average molecular weight is 335 g/mol. The number of methoxy groups -OCH3 is 1. The average Bonchev–Trinajstić information content (AvgIpc) is 2.55. The third-order valence-electron chi connectivity index (χ3n) is 3.49. The first-order chi connectivity index (χ1) is 10.7. The van der Waals surface area contributed by atoms with Gasteiger partial charge >= 0.3 is 0 Å². The number of halogens is 1. The van der Waals surface area contributed by atoms with E-state index in [4.69, 9.17) is 10.5 Å². The van der Waals surface area contributed by atoms with E-state index in [-0.39, 0.29) is 18.3 Å². The fraction of sp³-hybridized carbons (Fsp3) is 0.278. The number of nitrogens with one attached hydrogen (secondary N) is 1. The largest absolute Gasteiger partial charge is 0.497 e. The SMILES string of the molecule is COc1cccc(CCC(=O)NCCc2ccc(N)cc2)c1.Cl. The molecule has 2 aromatic carbocycles. The molecule has 0 radical (unpaired) electrons. The van der Waals surface area contributed by atoms with Crippen LogP contribution in [0.3, 0.4) is 0 Å². The van der Waals surface area contributed by atoms with Crippen LogP contribution in [0.4, 0.5) is 5.69 Å². The second kappa shape index (κ2) is 9.74. The van der Waals surface area contributed by atoms with Crippen molar-refractivity contribution in [3.63, 3.8) is 0 Å². The Morgan fingerprint density at radius 1 is 1.09 bits per heavy atom. The maximum atomic E-state index is 11.9. The smallest absolute Gasteiger partial charge is 0.220 e. The first kappa shape index (κ1) is 18.8. The van der Waals surface area contributed by atoms with E-state index in [1.165, 1.54) is 5.56 Å². The number of nitrogens with two attached hydrogens (primary N) is 1. The number of hydrogen-bond donors (Lipinski definition) is 2. The number of amides is 1. The third-order valence-corrected chi connectivity index (χ3v) is 3.49. The number of carbonyl (C=O) groups is 1. The molecule has 0 aliphatic rings. The Kier molecular flexibility index (Phi) is 7.98. The minimum atomic E-state index is 0. The van der Waals surface area contributed by atoms with Crippen molar-refractivity contribution in [3.05, 3.63) is 59.7 Å². The van der Waals surface area contributed by atoms with Crippen LogP contribution in [0.25, 0.3) is 0 Å². The highest BCUT2D eigenvalue weighted by molar-refractivity contribution is 5.85. The minimum absolute atomic E-state index is 0. The lowest BCUT2D eigenvalue weighted by Crippen LogP contribution is -2.25. The molecule has 0 unspecified atom stereocenters. The van der Waals surface area contributed by atoms with Gasteiger partial charge in [0.2, 0.25) is 5.91 Å². The summed E-state index contributed by atoms with van der Waals surface area (Å²) in [5, 5.41) is 2.94. The molecule has 2 rings (SSSR count). The molecule has 0 saturated heterocycles. The van der Waals surface area contributed by atoms with Gasteiger partial charge in [0.05, 0.1) is 7.11 Å². The summed E-state index contributed by atoms with van der Waals surface area (Å²) < 4.78 is 5.17. The highest BCUT2D eigenvalue weighted by atomic mass is 35.5. The second-order valence-electron chi connectivity index (χ2n) is 5.19. The molecular weight excluding hydrogens is 312 g/mol. The zero-order valence-electron chi connectivity index (χ0n) is 13.2. The Morgan fingerprint density at radius 3 is 2.52 bits per heavy atom. The van der Waals surface area contributed by atoms with Crippen LogP contribution in [0.15, 0.2) is 48.5 Å². The minimum Gasteiger partial charge on any atom is -0.497 e. The van der Waals surface area contributed by atoms with Crippen molar-refractivity contribution >= 4 is 24.0 Å². The predicted octanol–water partition coefficient (Wildman–Crippen LogP) is 2.99. The molecule has 0 spiro atoms. The topological polar surface area (TPSA) is 64.3 Å². The van der Waals surface area contributed by atoms with Crippen molar-refractivity contribution in [2.24, 2.45) is 0 Å². The summed E-state index contributed by atoms with van der Waals surface area (Å²) in [5.41, 5.74) is 8.67. The van der Waals surface area contributed by atoms with Gasteiger partial charge in [0.15, 0.2) is 0 Å². The molecule has 3 N–H and O–H groups in total. The molecular formula is C18H23ClN2O2. The second-order valence-corrected chi connectivity index (χ2v) is 5.19. The van der Waals surface area contributed by atoms with Gasteiger partial charge in [-0.3, -0.25) is 4.79 Å². The fourth-order valence-corrected chi connectivity index (χ4v) is 2.20. The molecule has 0 aromatic heterocycles. The molecule has 0 heterocycles. The normalized spacial score (nSPS) is 9.78. The number of carbonyl (C=O) groups excluding carboxylic acids is 1. The third kappa shape index (κ3) is 6.61. The van der Waals surface area contributed by atoms with Gasteiger partial charge in [0.1, 0.15) is 5.75 Å². The van der Waals surface area contributed by atoms with E-state index in [0.29, 0.717) is 19.4 Å². The highest BCUT2D eigenvalue weighted by Gasteiger charge is 2.03. The van der Waals surface area contributed by atoms with Crippen LogP contribution in [0.2, 0.25) is 0 Å². The predicted molar refractivity (Wildman–Crippen MR) is 96.1 cm³/mol. The molecule has 0 aliphatic heterocycles. The fourth-order valence-electron chi connectivity index (χ4n) is 2.20. The molecule has 23 heavy (non-hydrogen) atoms. The summed E-state index contributed by atoms with van der Waals surface area (Å²) >= 11 is 0. The van der Waals surface area contributed by atoms with Crippen LogP contribution < -0.4 is 15.8 Å². The van der Waals surface area contributed by atoms with Crippen LogP contribution in [0.1, 0.15) is 17.5 Å². The van der Waals surface area contributed by atoms with Gasteiger partial charge in [0, 0.05) is 18.7 Å². The first-order valence-electron chi connectivity index (χ1n) is 7.41. The maximum Gasteiger partial charge on any atom is 0.220 e. The molecule has 0 aliphatic carbocycles. The Hall–Kier alpha value is -2.20. The van der Waals surface area contributed by atoms with Gasteiger partial charge in [-0.1, -0.05) is 24.3 Å². The van der Waals surface area contributed by atoms with Crippen molar-refractivity contribution in [2.45, 2.75) is 19.3 Å². The van der Waals surface area contributed by atoms with E-state index >= 15 is 0 Å². The zero-order chi connectivity index (χ0) is 15.8. The van der Waals surface area contributed by atoms with E-state index < -0.39 is 0 Å². The lowest BCUT2D eigenvalue weighted by atomic mass is 10.1. The zero-order valence-corrected chi connectivity index (χ0v) is 14.1. The van der Waals surface area contributed by atoms with Crippen LogP contribution in [-0.4, -0.2) is 19.6 Å². The number of nitrogen functional groups attached to an aromatic ring is 1. The van der Waals surface area contributed by atoms with Gasteiger partial charge in [-0.2, -0.15) is 0 Å². The van der Waals surface area contributed by atoms with Gasteiger partial charge in [-0.05, 0) is 48.2 Å². The van der Waals surface area contributed by atoms with Crippen molar-refractivity contribution in [3.8, 4) is 5.75 Å². The number of ether oxygens (including phenoxy) is 1. The van der Waals surface area contributed by atoms with E-state index in [1.54, 1.807) is 7.11 Å².